The van der Waals surface area contributed by atoms with Crippen molar-refractivity contribution in [2.45, 2.75) is 12.5 Å². The zero-order valence-corrected chi connectivity index (χ0v) is 16.3. The molecule has 0 radical (unpaired) electrons. The van der Waals surface area contributed by atoms with Crippen LogP contribution in [0.4, 0.5) is 0 Å². The molecule has 0 aliphatic rings. The largest absolute Gasteiger partial charge is 0.497 e. The maximum Gasteiger partial charge on any atom is 0.414 e. The molecule has 1 aromatic carbocycles. The lowest BCUT2D eigenvalue weighted by Gasteiger charge is -2.25. The number of aliphatic carboxylic acids is 2. The van der Waals surface area contributed by atoms with E-state index >= 15 is 0 Å². The summed E-state index contributed by atoms with van der Waals surface area (Å²) >= 11 is 0. The molecule has 0 saturated heterocycles. The van der Waals surface area contributed by atoms with Gasteiger partial charge in [0.25, 0.3) is 0 Å². The SMILES string of the molecule is COc1ccc(C(CNCCc2ccncc2)N(C)C)cc1.O=C(O)C(=O)O. The van der Waals surface area contributed by atoms with Crippen molar-refractivity contribution in [1.82, 2.24) is 15.2 Å². The summed E-state index contributed by atoms with van der Waals surface area (Å²) in [4.78, 5) is 24.5. The molecule has 8 nitrogen and oxygen atoms in total. The third kappa shape index (κ3) is 8.61. The Bertz CT molecular complexity index is 708. The zero-order valence-electron chi connectivity index (χ0n) is 16.3. The van der Waals surface area contributed by atoms with E-state index in [0.717, 1.165) is 25.3 Å². The molecule has 1 aromatic heterocycles. The second kappa shape index (κ2) is 12.4. The minimum atomic E-state index is -1.82. The van der Waals surface area contributed by atoms with Gasteiger partial charge in [-0.15, -0.1) is 0 Å². The maximum atomic E-state index is 9.10. The van der Waals surface area contributed by atoms with Crippen molar-refractivity contribution in [3.05, 3.63) is 59.9 Å². The van der Waals surface area contributed by atoms with Crippen LogP contribution in [0, 0.1) is 0 Å². The van der Waals surface area contributed by atoms with Crippen LogP contribution in [0.1, 0.15) is 17.2 Å². The molecule has 152 valence electrons. The van der Waals surface area contributed by atoms with E-state index in [1.165, 1.54) is 11.1 Å². The predicted octanol–water partition coefficient (Wildman–Crippen LogP) is 1.68. The summed E-state index contributed by atoms with van der Waals surface area (Å²) in [5.41, 5.74) is 2.61. The molecular weight excluding hydrogens is 362 g/mol. The molecule has 0 bridgehead atoms. The Balaban J connectivity index is 0.000000568. The van der Waals surface area contributed by atoms with Crippen molar-refractivity contribution in [2.24, 2.45) is 0 Å². The average molecular weight is 389 g/mol. The first-order chi connectivity index (χ1) is 13.3. The Hall–Kier alpha value is -2.97. The number of aromatic nitrogens is 1. The summed E-state index contributed by atoms with van der Waals surface area (Å²) in [7, 11) is 5.91. The van der Waals surface area contributed by atoms with Gasteiger partial charge in [0.05, 0.1) is 7.11 Å². The Morgan fingerprint density at radius 1 is 1.07 bits per heavy atom. The van der Waals surface area contributed by atoms with Crippen LogP contribution in [0.3, 0.4) is 0 Å². The minimum absolute atomic E-state index is 0.350. The number of pyridine rings is 1. The van der Waals surface area contributed by atoms with Crippen molar-refractivity contribution < 1.29 is 24.5 Å². The van der Waals surface area contributed by atoms with Crippen LogP contribution in [-0.2, 0) is 16.0 Å². The molecule has 0 saturated carbocycles. The van der Waals surface area contributed by atoms with E-state index in [1.807, 2.05) is 24.5 Å². The fraction of sp³-hybridized carbons (Fsp3) is 0.350. The monoisotopic (exact) mass is 389 g/mol. The highest BCUT2D eigenvalue weighted by Gasteiger charge is 2.13. The van der Waals surface area contributed by atoms with Crippen LogP contribution in [-0.4, -0.2) is 66.3 Å². The Labute approximate surface area is 164 Å². The number of nitrogens with zero attached hydrogens (tertiary/aromatic N) is 2. The number of benzene rings is 1. The van der Waals surface area contributed by atoms with Crippen LogP contribution in [0.25, 0.3) is 0 Å². The highest BCUT2D eigenvalue weighted by Crippen LogP contribution is 2.20. The van der Waals surface area contributed by atoms with Gasteiger partial charge in [-0.25, -0.2) is 9.59 Å². The Morgan fingerprint density at radius 2 is 1.64 bits per heavy atom. The molecule has 0 spiro atoms. The highest BCUT2D eigenvalue weighted by atomic mass is 16.5. The maximum absolute atomic E-state index is 9.10. The predicted molar refractivity (Wildman–Crippen MR) is 106 cm³/mol. The van der Waals surface area contributed by atoms with E-state index in [9.17, 15) is 0 Å². The van der Waals surface area contributed by atoms with E-state index < -0.39 is 11.9 Å². The molecule has 1 unspecified atom stereocenters. The quantitative estimate of drug-likeness (QED) is 0.462. The van der Waals surface area contributed by atoms with Crippen molar-refractivity contribution >= 4 is 11.9 Å². The zero-order chi connectivity index (χ0) is 20.9. The molecule has 0 aliphatic heterocycles. The second-order valence-electron chi connectivity index (χ2n) is 6.17. The van der Waals surface area contributed by atoms with Crippen molar-refractivity contribution in [3.63, 3.8) is 0 Å². The van der Waals surface area contributed by atoms with Gasteiger partial charge in [-0.3, -0.25) is 4.98 Å². The van der Waals surface area contributed by atoms with Gasteiger partial charge >= 0.3 is 11.9 Å². The molecular formula is C20H27N3O5. The summed E-state index contributed by atoms with van der Waals surface area (Å²) in [5.74, 6) is -2.75. The minimum Gasteiger partial charge on any atom is -0.497 e. The topological polar surface area (TPSA) is 112 Å². The summed E-state index contributed by atoms with van der Waals surface area (Å²) in [6.07, 6.45) is 4.70. The normalized spacial score (nSPS) is 11.3. The second-order valence-corrected chi connectivity index (χ2v) is 6.17. The van der Waals surface area contributed by atoms with Crippen LogP contribution < -0.4 is 10.1 Å². The van der Waals surface area contributed by atoms with Crippen LogP contribution in [0.5, 0.6) is 5.75 Å². The Kier molecular flexibility index (Phi) is 10.2. The molecule has 1 heterocycles. The highest BCUT2D eigenvalue weighted by molar-refractivity contribution is 6.27. The number of ether oxygens (including phenoxy) is 1. The first-order valence-corrected chi connectivity index (χ1v) is 8.71. The summed E-state index contributed by atoms with van der Waals surface area (Å²) in [6, 6.07) is 12.8. The fourth-order valence-corrected chi connectivity index (χ4v) is 2.45. The first kappa shape index (κ1) is 23.1. The molecule has 1 atom stereocenters. The average Bonchev–Trinajstić information content (AvgIpc) is 2.69. The van der Waals surface area contributed by atoms with Gasteiger partial charge in [-0.05, 0) is 62.5 Å². The number of hydrogen-bond acceptors (Lipinski definition) is 6. The number of rotatable bonds is 8. The molecule has 0 amide bonds. The summed E-state index contributed by atoms with van der Waals surface area (Å²) in [5, 5.41) is 18.3. The van der Waals surface area contributed by atoms with Crippen molar-refractivity contribution in [2.75, 3.05) is 34.3 Å². The third-order valence-corrected chi connectivity index (χ3v) is 3.98. The fourth-order valence-electron chi connectivity index (χ4n) is 2.45. The van der Waals surface area contributed by atoms with Crippen molar-refractivity contribution in [3.8, 4) is 5.75 Å². The van der Waals surface area contributed by atoms with Gasteiger partial charge < -0.3 is 25.2 Å². The van der Waals surface area contributed by atoms with Gasteiger partial charge in [-0.2, -0.15) is 0 Å². The first-order valence-electron chi connectivity index (χ1n) is 8.71. The lowest BCUT2D eigenvalue weighted by molar-refractivity contribution is -0.159. The van der Waals surface area contributed by atoms with Crippen molar-refractivity contribution in [1.29, 1.82) is 0 Å². The number of carboxylic acid groups (broad SMARTS) is 2. The molecule has 3 N–H and O–H groups in total. The van der Waals surface area contributed by atoms with E-state index in [0.29, 0.717) is 6.04 Å². The molecule has 28 heavy (non-hydrogen) atoms. The number of carbonyl (C=O) groups is 2. The molecule has 0 aliphatic carbocycles. The summed E-state index contributed by atoms with van der Waals surface area (Å²) < 4.78 is 5.22. The van der Waals surface area contributed by atoms with Crippen LogP contribution >= 0.6 is 0 Å². The molecule has 8 heteroatoms. The Morgan fingerprint density at radius 3 is 2.11 bits per heavy atom. The number of carboxylic acids is 2. The van der Waals surface area contributed by atoms with E-state index in [4.69, 9.17) is 24.5 Å². The van der Waals surface area contributed by atoms with Gasteiger partial charge in [-0.1, -0.05) is 12.1 Å². The smallest absolute Gasteiger partial charge is 0.414 e. The third-order valence-electron chi connectivity index (χ3n) is 3.98. The number of hydrogen-bond donors (Lipinski definition) is 3. The molecule has 2 aromatic rings. The van der Waals surface area contributed by atoms with Gasteiger partial charge in [0.1, 0.15) is 5.75 Å². The standard InChI is InChI=1S/C18H25N3O.C2H2O4/c1-21(2)18(16-4-6-17(22-3)7-5-16)14-20-13-10-15-8-11-19-12-9-15;3-1(4)2(5)6/h4-9,11-12,18,20H,10,13-14H2,1-3H3;(H,3,4)(H,5,6). The van der Waals surface area contributed by atoms with Gasteiger partial charge in [0.15, 0.2) is 0 Å². The lowest BCUT2D eigenvalue weighted by Crippen LogP contribution is -2.32. The summed E-state index contributed by atoms with van der Waals surface area (Å²) in [6.45, 7) is 1.88. The van der Waals surface area contributed by atoms with Crippen LogP contribution in [0.2, 0.25) is 0 Å². The van der Waals surface area contributed by atoms with Crippen LogP contribution in [0.15, 0.2) is 48.8 Å². The van der Waals surface area contributed by atoms with E-state index in [1.54, 1.807) is 7.11 Å². The van der Waals surface area contributed by atoms with Gasteiger partial charge in [0, 0.05) is 25.0 Å². The molecule has 0 fully saturated rings. The number of methoxy groups -OCH3 is 1. The van der Waals surface area contributed by atoms with E-state index in [-0.39, 0.29) is 0 Å². The number of nitrogens with one attached hydrogen (secondary N) is 1. The molecule has 2 rings (SSSR count). The number of likely N-dealkylation sites (N-methyl/N-ethyl adjacent to an activating group) is 1. The lowest BCUT2D eigenvalue weighted by atomic mass is 10.1. The van der Waals surface area contributed by atoms with Gasteiger partial charge in [0.2, 0.25) is 0 Å². The van der Waals surface area contributed by atoms with E-state index in [2.05, 4.69) is 53.6 Å².